The summed E-state index contributed by atoms with van der Waals surface area (Å²) in [5, 5.41) is 0. The van der Waals surface area contributed by atoms with Crippen molar-refractivity contribution in [3.63, 3.8) is 0 Å². The molecule has 0 aliphatic carbocycles. The third-order valence-corrected chi connectivity index (χ3v) is 3.69. The van der Waals surface area contributed by atoms with Gasteiger partial charge in [-0.05, 0) is 47.6 Å². The standard InChI is InChI=1S/C19H30O/c1-18(2,3)12-10-15-8-7-9-16(17(15)14-20)11-13-19(4,5)6/h7-9,14H,10-13H2,1-6H3. The Hall–Kier alpha value is -1.11. The van der Waals surface area contributed by atoms with Crippen molar-refractivity contribution in [1.29, 1.82) is 0 Å². The van der Waals surface area contributed by atoms with E-state index >= 15 is 0 Å². The summed E-state index contributed by atoms with van der Waals surface area (Å²) in [4.78, 5) is 11.5. The SMILES string of the molecule is CC(C)(C)CCc1cccc(CCC(C)(C)C)c1C=O. The maximum Gasteiger partial charge on any atom is 0.150 e. The van der Waals surface area contributed by atoms with Crippen molar-refractivity contribution in [3.05, 3.63) is 34.9 Å². The molecule has 0 aliphatic heterocycles. The van der Waals surface area contributed by atoms with Gasteiger partial charge in [0.25, 0.3) is 0 Å². The summed E-state index contributed by atoms with van der Waals surface area (Å²) in [6.45, 7) is 13.5. The van der Waals surface area contributed by atoms with Gasteiger partial charge in [0.1, 0.15) is 0 Å². The molecule has 0 fully saturated rings. The third kappa shape index (κ3) is 5.90. The first-order chi connectivity index (χ1) is 9.12. The van der Waals surface area contributed by atoms with E-state index in [1.54, 1.807) is 0 Å². The molecule has 0 amide bonds. The zero-order chi connectivity index (χ0) is 15.4. The Labute approximate surface area is 124 Å². The molecule has 1 rings (SSSR count). The molecule has 0 aliphatic rings. The van der Waals surface area contributed by atoms with Crippen LogP contribution in [0.5, 0.6) is 0 Å². The molecule has 0 atom stereocenters. The molecule has 112 valence electrons. The van der Waals surface area contributed by atoms with Crippen molar-refractivity contribution in [3.8, 4) is 0 Å². The number of aryl methyl sites for hydroxylation is 2. The third-order valence-electron chi connectivity index (χ3n) is 3.69. The highest BCUT2D eigenvalue weighted by Crippen LogP contribution is 2.26. The van der Waals surface area contributed by atoms with E-state index in [1.165, 1.54) is 11.1 Å². The Bertz CT molecular complexity index is 408. The molecule has 0 aromatic heterocycles. The first-order valence-corrected chi connectivity index (χ1v) is 7.68. The van der Waals surface area contributed by atoms with Crippen molar-refractivity contribution in [2.24, 2.45) is 10.8 Å². The Kier molecular flexibility index (Phi) is 5.56. The second kappa shape index (κ2) is 6.56. The van der Waals surface area contributed by atoms with E-state index in [1.807, 2.05) is 0 Å². The minimum Gasteiger partial charge on any atom is -0.298 e. The summed E-state index contributed by atoms with van der Waals surface area (Å²) in [7, 11) is 0. The maximum absolute atomic E-state index is 11.5. The number of hydrogen-bond donors (Lipinski definition) is 0. The average Bonchev–Trinajstić information content (AvgIpc) is 2.31. The molecule has 1 nitrogen and oxygen atoms in total. The molecule has 1 aromatic rings. The largest absolute Gasteiger partial charge is 0.298 e. The van der Waals surface area contributed by atoms with Crippen LogP contribution in [0.4, 0.5) is 0 Å². The van der Waals surface area contributed by atoms with Gasteiger partial charge in [-0.3, -0.25) is 4.79 Å². The average molecular weight is 274 g/mol. The fraction of sp³-hybridized carbons (Fsp3) is 0.632. The lowest BCUT2D eigenvalue weighted by molar-refractivity contribution is 0.112. The zero-order valence-corrected chi connectivity index (χ0v) is 14.0. The lowest BCUT2D eigenvalue weighted by Crippen LogP contribution is -2.10. The van der Waals surface area contributed by atoms with Crippen LogP contribution in [0.15, 0.2) is 18.2 Å². The van der Waals surface area contributed by atoms with Gasteiger partial charge in [0, 0.05) is 5.56 Å². The van der Waals surface area contributed by atoms with Gasteiger partial charge in [-0.25, -0.2) is 0 Å². The van der Waals surface area contributed by atoms with E-state index in [0.717, 1.165) is 37.5 Å². The number of hydrogen-bond acceptors (Lipinski definition) is 1. The number of aldehydes is 1. The molecule has 0 spiro atoms. The fourth-order valence-corrected chi connectivity index (χ4v) is 2.27. The maximum atomic E-state index is 11.5. The van der Waals surface area contributed by atoms with Crippen LogP contribution in [0.25, 0.3) is 0 Å². The minimum absolute atomic E-state index is 0.307. The lowest BCUT2D eigenvalue weighted by Gasteiger charge is -2.21. The number of carbonyl (C=O) groups excluding carboxylic acids is 1. The van der Waals surface area contributed by atoms with E-state index in [4.69, 9.17) is 0 Å². The molecule has 0 saturated carbocycles. The molecule has 0 saturated heterocycles. The van der Waals surface area contributed by atoms with Gasteiger partial charge >= 0.3 is 0 Å². The van der Waals surface area contributed by atoms with Gasteiger partial charge in [-0.1, -0.05) is 59.7 Å². The molecule has 0 bridgehead atoms. The van der Waals surface area contributed by atoms with Gasteiger partial charge in [0.15, 0.2) is 6.29 Å². The molecular formula is C19H30O. The topological polar surface area (TPSA) is 17.1 Å². The van der Waals surface area contributed by atoms with Crippen molar-refractivity contribution >= 4 is 6.29 Å². The highest BCUT2D eigenvalue weighted by molar-refractivity contribution is 5.79. The van der Waals surface area contributed by atoms with E-state index in [0.29, 0.717) is 10.8 Å². The Balaban J connectivity index is 2.89. The summed E-state index contributed by atoms with van der Waals surface area (Å²) in [5.41, 5.74) is 3.96. The van der Waals surface area contributed by atoms with Gasteiger partial charge in [0.2, 0.25) is 0 Å². The first-order valence-electron chi connectivity index (χ1n) is 7.68. The monoisotopic (exact) mass is 274 g/mol. The number of carbonyl (C=O) groups is 1. The molecule has 20 heavy (non-hydrogen) atoms. The van der Waals surface area contributed by atoms with Crippen molar-refractivity contribution in [2.75, 3.05) is 0 Å². The predicted octanol–water partition coefficient (Wildman–Crippen LogP) is 5.46. The van der Waals surface area contributed by atoms with E-state index < -0.39 is 0 Å². The van der Waals surface area contributed by atoms with Gasteiger partial charge in [-0.15, -0.1) is 0 Å². The minimum atomic E-state index is 0.307. The van der Waals surface area contributed by atoms with Crippen molar-refractivity contribution in [2.45, 2.75) is 67.2 Å². The van der Waals surface area contributed by atoms with Crippen molar-refractivity contribution in [1.82, 2.24) is 0 Å². The second-order valence-corrected chi connectivity index (χ2v) is 8.23. The smallest absolute Gasteiger partial charge is 0.150 e. The zero-order valence-electron chi connectivity index (χ0n) is 14.0. The first kappa shape index (κ1) is 16.9. The van der Waals surface area contributed by atoms with E-state index in [9.17, 15) is 4.79 Å². The van der Waals surface area contributed by atoms with Crippen LogP contribution in [-0.4, -0.2) is 6.29 Å². The molecule has 0 unspecified atom stereocenters. The molecule has 1 aromatic carbocycles. The van der Waals surface area contributed by atoms with Crippen LogP contribution in [-0.2, 0) is 12.8 Å². The Morgan fingerprint density at radius 3 is 1.55 bits per heavy atom. The molecule has 0 N–H and O–H groups in total. The summed E-state index contributed by atoms with van der Waals surface area (Å²) >= 11 is 0. The van der Waals surface area contributed by atoms with E-state index in [2.05, 4.69) is 59.7 Å². The molecular weight excluding hydrogens is 244 g/mol. The van der Waals surface area contributed by atoms with Gasteiger partial charge < -0.3 is 0 Å². The number of rotatable bonds is 5. The van der Waals surface area contributed by atoms with Crippen LogP contribution in [0.1, 0.15) is 75.9 Å². The van der Waals surface area contributed by atoms with Crippen LogP contribution >= 0.6 is 0 Å². The lowest BCUT2D eigenvalue weighted by atomic mass is 9.84. The summed E-state index contributed by atoms with van der Waals surface area (Å²) < 4.78 is 0. The van der Waals surface area contributed by atoms with Crippen molar-refractivity contribution < 1.29 is 4.79 Å². The Morgan fingerprint density at radius 2 is 1.25 bits per heavy atom. The fourth-order valence-electron chi connectivity index (χ4n) is 2.27. The quantitative estimate of drug-likeness (QED) is 0.652. The summed E-state index contributed by atoms with van der Waals surface area (Å²) in [6.07, 6.45) is 5.24. The molecule has 0 heterocycles. The van der Waals surface area contributed by atoms with Crippen LogP contribution in [0.2, 0.25) is 0 Å². The highest BCUT2D eigenvalue weighted by Gasteiger charge is 2.15. The van der Waals surface area contributed by atoms with Crippen LogP contribution < -0.4 is 0 Å². The van der Waals surface area contributed by atoms with Gasteiger partial charge in [-0.2, -0.15) is 0 Å². The normalized spacial score (nSPS) is 12.5. The summed E-state index contributed by atoms with van der Waals surface area (Å²) in [5.74, 6) is 0. The Morgan fingerprint density at radius 1 is 0.850 bits per heavy atom. The van der Waals surface area contributed by atoms with Gasteiger partial charge in [0.05, 0.1) is 0 Å². The van der Waals surface area contributed by atoms with E-state index in [-0.39, 0.29) is 0 Å². The highest BCUT2D eigenvalue weighted by atomic mass is 16.1. The second-order valence-electron chi connectivity index (χ2n) is 8.23. The number of benzene rings is 1. The van der Waals surface area contributed by atoms with Crippen LogP contribution in [0, 0.1) is 10.8 Å². The predicted molar refractivity (Wildman–Crippen MR) is 87.4 cm³/mol. The van der Waals surface area contributed by atoms with Crippen LogP contribution in [0.3, 0.4) is 0 Å². The summed E-state index contributed by atoms with van der Waals surface area (Å²) in [6, 6.07) is 6.31. The molecule has 1 heteroatoms. The molecule has 0 radical (unpaired) electrons.